The van der Waals surface area contributed by atoms with E-state index in [4.69, 9.17) is 4.74 Å². The highest BCUT2D eigenvalue weighted by Crippen LogP contribution is 2.40. The Labute approximate surface area is 219 Å². The van der Waals surface area contributed by atoms with E-state index in [1.807, 2.05) is 0 Å². The van der Waals surface area contributed by atoms with Gasteiger partial charge >= 0.3 is 12.2 Å². The van der Waals surface area contributed by atoms with Crippen LogP contribution in [0.15, 0.2) is 76.5 Å². The Kier molecular flexibility index (Phi) is 7.44. The lowest BCUT2D eigenvalue weighted by atomic mass is 10.0. The summed E-state index contributed by atoms with van der Waals surface area (Å²) in [5.41, 5.74) is -1.38. The number of nitrogens with one attached hydrogen (secondary N) is 2. The maximum Gasteiger partial charge on any atom is 0.416 e. The van der Waals surface area contributed by atoms with Gasteiger partial charge in [0.15, 0.2) is 5.82 Å². The van der Waals surface area contributed by atoms with Crippen molar-refractivity contribution in [2.75, 3.05) is 23.8 Å². The van der Waals surface area contributed by atoms with E-state index >= 15 is 4.39 Å². The molecule has 2 amide bonds. The standard InChI is InChI=1S/C24H19F4N5O5S/c1-29-23(34)33(22-7-6-16(13-30-22)39(35,36)32-21-8-9-38-31-21)19-12-18(25)17(11-20(19)37-2)14-4-3-5-15(10-14)24(26,27)28/h3-13H,1-2H3,(H,29,34)(H,31,32). The molecule has 15 heteroatoms. The Morgan fingerprint density at radius 3 is 2.46 bits per heavy atom. The van der Waals surface area contributed by atoms with E-state index in [2.05, 4.69) is 24.7 Å². The molecule has 0 aliphatic rings. The fraction of sp³-hybridized carbons (Fsp3) is 0.125. The molecule has 0 saturated heterocycles. The molecule has 0 atom stereocenters. The molecule has 10 nitrogen and oxygen atoms in total. The number of hydrogen-bond acceptors (Lipinski definition) is 7. The third-order valence-corrected chi connectivity index (χ3v) is 6.70. The van der Waals surface area contributed by atoms with Crippen LogP contribution in [0.5, 0.6) is 5.75 Å². The summed E-state index contributed by atoms with van der Waals surface area (Å²) in [6, 6.07) is 9.01. The van der Waals surface area contributed by atoms with Crippen LogP contribution in [0.25, 0.3) is 11.1 Å². The molecule has 0 radical (unpaired) electrons. The maximum atomic E-state index is 15.3. The van der Waals surface area contributed by atoms with Crippen LogP contribution in [0, 0.1) is 5.82 Å². The molecule has 39 heavy (non-hydrogen) atoms. The number of pyridine rings is 1. The van der Waals surface area contributed by atoms with Crippen molar-refractivity contribution in [2.45, 2.75) is 11.1 Å². The molecule has 2 heterocycles. The third-order valence-electron chi connectivity index (χ3n) is 5.36. The average Bonchev–Trinajstić information content (AvgIpc) is 3.41. The van der Waals surface area contributed by atoms with E-state index in [1.54, 1.807) is 0 Å². The van der Waals surface area contributed by atoms with Crippen molar-refractivity contribution in [1.82, 2.24) is 15.5 Å². The zero-order chi connectivity index (χ0) is 28.4. The highest BCUT2D eigenvalue weighted by molar-refractivity contribution is 7.92. The molecule has 0 aliphatic carbocycles. The monoisotopic (exact) mass is 565 g/mol. The van der Waals surface area contributed by atoms with Gasteiger partial charge in [-0.1, -0.05) is 17.3 Å². The van der Waals surface area contributed by atoms with Gasteiger partial charge in [0, 0.05) is 30.9 Å². The van der Waals surface area contributed by atoms with Crippen LogP contribution < -0.4 is 19.7 Å². The molecular formula is C24H19F4N5O5S. The Bertz CT molecular complexity index is 1590. The summed E-state index contributed by atoms with van der Waals surface area (Å²) < 4.78 is 92.1. The summed E-state index contributed by atoms with van der Waals surface area (Å²) in [4.78, 5) is 17.5. The number of hydrogen-bond donors (Lipinski definition) is 2. The lowest BCUT2D eigenvalue weighted by Crippen LogP contribution is -2.35. The minimum atomic E-state index is -4.64. The Hall–Kier alpha value is -4.66. The second-order valence-electron chi connectivity index (χ2n) is 7.82. The zero-order valence-corrected chi connectivity index (χ0v) is 21.0. The molecule has 0 aliphatic heterocycles. The maximum absolute atomic E-state index is 15.3. The minimum Gasteiger partial charge on any atom is -0.495 e. The highest BCUT2D eigenvalue weighted by Gasteiger charge is 2.31. The molecule has 0 saturated carbocycles. The molecule has 4 aromatic rings. The van der Waals surface area contributed by atoms with Gasteiger partial charge in [-0.15, -0.1) is 0 Å². The van der Waals surface area contributed by atoms with Gasteiger partial charge in [0.1, 0.15) is 28.5 Å². The predicted octanol–water partition coefficient (Wildman–Crippen LogP) is 5.18. The number of ether oxygens (including phenoxy) is 1. The lowest BCUT2D eigenvalue weighted by molar-refractivity contribution is -0.137. The largest absolute Gasteiger partial charge is 0.495 e. The Morgan fingerprint density at radius 2 is 1.87 bits per heavy atom. The number of carbonyl (C=O) groups excluding carboxylic acids is 1. The Morgan fingerprint density at radius 1 is 1.10 bits per heavy atom. The third kappa shape index (κ3) is 5.77. The topological polar surface area (TPSA) is 127 Å². The Balaban J connectivity index is 1.75. The van der Waals surface area contributed by atoms with Crippen molar-refractivity contribution in [1.29, 1.82) is 0 Å². The van der Waals surface area contributed by atoms with Crippen molar-refractivity contribution in [3.63, 3.8) is 0 Å². The highest BCUT2D eigenvalue weighted by atomic mass is 32.2. The first-order chi connectivity index (χ1) is 18.4. The molecule has 2 N–H and O–H groups in total. The quantitative estimate of drug-likeness (QED) is 0.296. The van der Waals surface area contributed by atoms with Gasteiger partial charge in [-0.05, 0) is 35.9 Å². The number of urea groups is 1. The minimum absolute atomic E-state index is 0.0628. The zero-order valence-electron chi connectivity index (χ0n) is 20.2. The number of methoxy groups -OCH3 is 1. The van der Waals surface area contributed by atoms with E-state index in [-0.39, 0.29) is 39.1 Å². The number of rotatable bonds is 7. The van der Waals surface area contributed by atoms with Crippen LogP contribution in [0.1, 0.15) is 5.56 Å². The van der Waals surface area contributed by atoms with Crippen LogP contribution >= 0.6 is 0 Å². The predicted molar refractivity (Wildman–Crippen MR) is 132 cm³/mol. The second kappa shape index (κ2) is 10.6. The van der Waals surface area contributed by atoms with Gasteiger partial charge in [0.2, 0.25) is 0 Å². The number of amides is 2. The van der Waals surface area contributed by atoms with Crippen LogP contribution in [-0.2, 0) is 16.2 Å². The second-order valence-corrected chi connectivity index (χ2v) is 9.50. The van der Waals surface area contributed by atoms with Crippen molar-refractivity contribution < 1.29 is 40.0 Å². The van der Waals surface area contributed by atoms with Crippen molar-refractivity contribution in [3.8, 4) is 16.9 Å². The van der Waals surface area contributed by atoms with Gasteiger partial charge in [-0.3, -0.25) is 4.72 Å². The first kappa shape index (κ1) is 27.4. The van der Waals surface area contributed by atoms with E-state index in [0.717, 1.165) is 47.5 Å². The van der Waals surface area contributed by atoms with E-state index < -0.39 is 33.6 Å². The number of nitrogens with zero attached hydrogens (tertiary/aromatic N) is 3. The number of halogens is 4. The molecule has 2 aromatic heterocycles. The summed E-state index contributed by atoms with van der Waals surface area (Å²) in [5, 5.41) is 5.84. The summed E-state index contributed by atoms with van der Waals surface area (Å²) >= 11 is 0. The average molecular weight is 566 g/mol. The van der Waals surface area contributed by atoms with Crippen LogP contribution in [0.2, 0.25) is 0 Å². The summed E-state index contributed by atoms with van der Waals surface area (Å²) in [6.07, 6.45) is -2.50. The normalized spacial score (nSPS) is 11.6. The van der Waals surface area contributed by atoms with Crippen molar-refractivity contribution >= 4 is 33.4 Å². The van der Waals surface area contributed by atoms with E-state index in [9.17, 15) is 26.4 Å². The molecule has 204 valence electrons. The molecule has 0 unspecified atom stereocenters. The van der Waals surface area contributed by atoms with Gasteiger partial charge in [0.05, 0.1) is 18.4 Å². The smallest absolute Gasteiger partial charge is 0.416 e. The number of sulfonamides is 1. The lowest BCUT2D eigenvalue weighted by Gasteiger charge is -2.24. The number of benzene rings is 2. The van der Waals surface area contributed by atoms with E-state index in [1.165, 1.54) is 38.6 Å². The summed E-state index contributed by atoms with van der Waals surface area (Å²) in [5.74, 6) is -1.19. The molecule has 2 aromatic carbocycles. The van der Waals surface area contributed by atoms with Gasteiger partial charge in [0.25, 0.3) is 10.0 Å². The molecule has 4 rings (SSSR count). The molecule has 0 fully saturated rings. The van der Waals surface area contributed by atoms with Gasteiger partial charge in [-0.25, -0.2) is 27.5 Å². The van der Waals surface area contributed by atoms with Crippen LogP contribution in [0.4, 0.5) is 39.7 Å². The number of alkyl halides is 3. The summed E-state index contributed by atoms with van der Waals surface area (Å²) in [7, 11) is -1.57. The number of anilines is 3. The van der Waals surface area contributed by atoms with Crippen molar-refractivity contribution in [3.05, 3.63) is 78.4 Å². The van der Waals surface area contributed by atoms with Crippen LogP contribution in [0.3, 0.4) is 0 Å². The van der Waals surface area contributed by atoms with Crippen LogP contribution in [-0.4, -0.2) is 38.7 Å². The SMILES string of the molecule is CNC(=O)N(c1ccc(S(=O)(=O)Nc2ccon2)cn1)c1cc(F)c(-c2cccc(C(F)(F)F)c2)cc1OC. The molecule has 0 spiro atoms. The van der Waals surface area contributed by atoms with Crippen molar-refractivity contribution in [2.24, 2.45) is 0 Å². The number of aromatic nitrogens is 2. The van der Waals surface area contributed by atoms with Gasteiger partial charge < -0.3 is 14.6 Å². The fourth-order valence-electron chi connectivity index (χ4n) is 3.54. The fourth-order valence-corrected chi connectivity index (χ4v) is 4.48. The first-order valence-electron chi connectivity index (χ1n) is 10.9. The first-order valence-corrected chi connectivity index (χ1v) is 12.4. The van der Waals surface area contributed by atoms with Gasteiger partial charge in [-0.2, -0.15) is 13.2 Å². The number of carbonyl (C=O) groups is 1. The van der Waals surface area contributed by atoms with E-state index in [0.29, 0.717) is 0 Å². The molecular weight excluding hydrogens is 546 g/mol. The molecule has 0 bridgehead atoms. The summed E-state index contributed by atoms with van der Waals surface area (Å²) in [6.45, 7) is 0.